The second-order valence-corrected chi connectivity index (χ2v) is 5.44. The molecule has 2 rings (SSSR count). The van der Waals surface area contributed by atoms with E-state index >= 15 is 0 Å². The minimum atomic E-state index is 0.510. The summed E-state index contributed by atoms with van der Waals surface area (Å²) in [5.41, 5.74) is 0. The van der Waals surface area contributed by atoms with Crippen LogP contribution >= 0.6 is 23.4 Å². The fourth-order valence-electron chi connectivity index (χ4n) is 2.02. The van der Waals surface area contributed by atoms with Crippen molar-refractivity contribution >= 4 is 29.2 Å². The van der Waals surface area contributed by atoms with Crippen LogP contribution in [0.5, 0.6) is 0 Å². The molecule has 1 aliphatic heterocycles. The Morgan fingerprint density at radius 3 is 3.06 bits per heavy atom. The molecular formula is C11H17ClN4S. The molecule has 1 unspecified atom stereocenters. The van der Waals surface area contributed by atoms with E-state index in [9.17, 15) is 0 Å². The van der Waals surface area contributed by atoms with Crippen molar-refractivity contribution < 1.29 is 0 Å². The zero-order valence-electron chi connectivity index (χ0n) is 10.1. The van der Waals surface area contributed by atoms with E-state index in [4.69, 9.17) is 11.6 Å². The number of rotatable bonds is 4. The largest absolute Gasteiger partial charge is 0.359 e. The van der Waals surface area contributed by atoms with Gasteiger partial charge in [0.05, 0.1) is 0 Å². The Hall–Kier alpha value is -0.520. The van der Waals surface area contributed by atoms with E-state index in [0.717, 1.165) is 30.6 Å². The summed E-state index contributed by atoms with van der Waals surface area (Å²) in [5, 5.41) is 4.61. The van der Waals surface area contributed by atoms with E-state index in [0.29, 0.717) is 11.1 Å². The minimum Gasteiger partial charge on any atom is -0.359 e. The van der Waals surface area contributed by atoms with E-state index in [1.165, 1.54) is 18.2 Å². The lowest BCUT2D eigenvalue weighted by Crippen LogP contribution is -2.27. The Balaban J connectivity index is 2.06. The summed E-state index contributed by atoms with van der Waals surface area (Å²) in [6.45, 7) is 3.23. The number of halogens is 1. The van der Waals surface area contributed by atoms with Gasteiger partial charge in [0.25, 0.3) is 0 Å². The van der Waals surface area contributed by atoms with Crippen molar-refractivity contribution in [3.8, 4) is 0 Å². The molecule has 1 aromatic rings. The molecule has 0 amide bonds. The van der Waals surface area contributed by atoms with E-state index in [2.05, 4.69) is 27.2 Å². The van der Waals surface area contributed by atoms with E-state index in [1.54, 1.807) is 0 Å². The molecule has 1 fully saturated rings. The second kappa shape index (κ2) is 5.89. The van der Waals surface area contributed by atoms with E-state index in [1.807, 2.05) is 12.3 Å². The minimum absolute atomic E-state index is 0.510. The Kier molecular flexibility index (Phi) is 4.48. The van der Waals surface area contributed by atoms with E-state index < -0.39 is 0 Å². The molecule has 1 aromatic heterocycles. The van der Waals surface area contributed by atoms with Gasteiger partial charge in [-0.25, -0.2) is 9.97 Å². The van der Waals surface area contributed by atoms with Gasteiger partial charge in [-0.05, 0) is 31.7 Å². The summed E-state index contributed by atoms with van der Waals surface area (Å²) in [7, 11) is 2.06. The fourth-order valence-corrected chi connectivity index (χ4v) is 2.63. The van der Waals surface area contributed by atoms with Crippen molar-refractivity contribution in [3.05, 3.63) is 11.2 Å². The van der Waals surface area contributed by atoms with Gasteiger partial charge in [-0.1, -0.05) is 23.4 Å². The fraction of sp³-hybridized carbons (Fsp3) is 0.636. The van der Waals surface area contributed by atoms with Gasteiger partial charge >= 0.3 is 0 Å². The van der Waals surface area contributed by atoms with Crippen molar-refractivity contribution in [2.75, 3.05) is 37.8 Å². The Bertz CT molecular complexity index is 382. The number of thioether (sulfide) groups is 1. The van der Waals surface area contributed by atoms with Crippen LogP contribution < -0.4 is 10.2 Å². The summed E-state index contributed by atoms with van der Waals surface area (Å²) < 4.78 is 0. The summed E-state index contributed by atoms with van der Waals surface area (Å²) in [5.74, 6) is 1.60. The smallest absolute Gasteiger partial charge is 0.190 e. The van der Waals surface area contributed by atoms with Crippen LogP contribution in [0.4, 0.5) is 5.82 Å². The lowest BCUT2D eigenvalue weighted by Gasteiger charge is -2.21. The van der Waals surface area contributed by atoms with Crippen LogP contribution in [0.1, 0.15) is 6.42 Å². The molecule has 4 nitrogen and oxygen atoms in total. The molecule has 0 aromatic carbocycles. The van der Waals surface area contributed by atoms with Gasteiger partial charge in [0, 0.05) is 19.7 Å². The summed E-state index contributed by atoms with van der Waals surface area (Å²) in [6, 6.07) is 1.82. The standard InChI is InChI=1S/C11H17ClN4S/c1-16(7-8-3-4-13-6-8)10-5-9(12)14-11(15-10)17-2/h5,8,13H,3-4,6-7H2,1-2H3. The quantitative estimate of drug-likeness (QED) is 0.515. The Morgan fingerprint density at radius 2 is 2.41 bits per heavy atom. The van der Waals surface area contributed by atoms with Gasteiger partial charge in [-0.2, -0.15) is 0 Å². The Labute approximate surface area is 111 Å². The maximum atomic E-state index is 5.99. The molecule has 17 heavy (non-hydrogen) atoms. The van der Waals surface area contributed by atoms with Crippen molar-refractivity contribution in [2.45, 2.75) is 11.6 Å². The molecule has 1 saturated heterocycles. The third-order valence-electron chi connectivity index (χ3n) is 2.93. The Morgan fingerprint density at radius 1 is 1.59 bits per heavy atom. The molecule has 1 atom stereocenters. The molecule has 2 heterocycles. The number of hydrogen-bond donors (Lipinski definition) is 1. The highest BCUT2D eigenvalue weighted by atomic mass is 35.5. The van der Waals surface area contributed by atoms with E-state index in [-0.39, 0.29) is 0 Å². The first kappa shape index (κ1) is 12.9. The number of nitrogens with zero attached hydrogens (tertiary/aromatic N) is 3. The number of hydrogen-bond acceptors (Lipinski definition) is 5. The molecule has 1 aliphatic rings. The highest BCUT2D eigenvalue weighted by molar-refractivity contribution is 7.98. The molecule has 6 heteroatoms. The molecule has 0 radical (unpaired) electrons. The van der Waals surface area contributed by atoms with Crippen molar-refractivity contribution in [1.82, 2.24) is 15.3 Å². The average Bonchev–Trinajstić information content (AvgIpc) is 2.81. The molecule has 94 valence electrons. The second-order valence-electron chi connectivity index (χ2n) is 4.27. The lowest BCUT2D eigenvalue weighted by molar-refractivity contribution is 0.574. The van der Waals surface area contributed by atoms with Crippen LogP contribution in [0.25, 0.3) is 0 Å². The highest BCUT2D eigenvalue weighted by Gasteiger charge is 2.17. The normalized spacial score (nSPS) is 19.6. The first-order chi connectivity index (χ1) is 8.19. The van der Waals surface area contributed by atoms with Crippen LogP contribution in [-0.4, -0.2) is 42.9 Å². The lowest BCUT2D eigenvalue weighted by atomic mass is 10.1. The molecule has 0 saturated carbocycles. The number of aromatic nitrogens is 2. The topological polar surface area (TPSA) is 41.1 Å². The van der Waals surface area contributed by atoms with Gasteiger partial charge in [-0.3, -0.25) is 0 Å². The van der Waals surface area contributed by atoms with Crippen LogP contribution in [-0.2, 0) is 0 Å². The van der Waals surface area contributed by atoms with Crippen LogP contribution in [0, 0.1) is 5.92 Å². The van der Waals surface area contributed by atoms with Crippen molar-refractivity contribution in [3.63, 3.8) is 0 Å². The van der Waals surface area contributed by atoms with Crippen LogP contribution in [0.15, 0.2) is 11.2 Å². The number of anilines is 1. The third kappa shape index (κ3) is 3.47. The summed E-state index contributed by atoms with van der Waals surface area (Å²) in [4.78, 5) is 10.8. The average molecular weight is 273 g/mol. The monoisotopic (exact) mass is 272 g/mol. The predicted octanol–water partition coefficient (Wildman–Crippen LogP) is 1.90. The van der Waals surface area contributed by atoms with Gasteiger partial charge in [-0.15, -0.1) is 0 Å². The molecule has 0 bridgehead atoms. The van der Waals surface area contributed by atoms with Gasteiger partial charge in [0.15, 0.2) is 5.16 Å². The highest BCUT2D eigenvalue weighted by Crippen LogP contribution is 2.21. The summed E-state index contributed by atoms with van der Waals surface area (Å²) >= 11 is 7.50. The summed E-state index contributed by atoms with van der Waals surface area (Å²) in [6.07, 6.45) is 3.19. The predicted molar refractivity (Wildman–Crippen MR) is 73.1 cm³/mol. The van der Waals surface area contributed by atoms with Crippen LogP contribution in [0.2, 0.25) is 5.15 Å². The van der Waals surface area contributed by atoms with Gasteiger partial charge < -0.3 is 10.2 Å². The zero-order valence-corrected chi connectivity index (χ0v) is 11.7. The molecule has 0 spiro atoms. The third-order valence-corrected chi connectivity index (χ3v) is 3.67. The van der Waals surface area contributed by atoms with Crippen molar-refractivity contribution in [1.29, 1.82) is 0 Å². The molecular weight excluding hydrogens is 256 g/mol. The molecule has 1 N–H and O–H groups in total. The van der Waals surface area contributed by atoms with Crippen molar-refractivity contribution in [2.24, 2.45) is 5.92 Å². The SMILES string of the molecule is CSc1nc(Cl)cc(N(C)CC2CCNC2)n1. The van der Waals surface area contributed by atoms with Gasteiger partial charge in [0.2, 0.25) is 0 Å². The maximum Gasteiger partial charge on any atom is 0.190 e. The first-order valence-electron chi connectivity index (χ1n) is 5.69. The zero-order chi connectivity index (χ0) is 12.3. The number of nitrogens with one attached hydrogen (secondary N) is 1. The molecule has 0 aliphatic carbocycles. The first-order valence-corrected chi connectivity index (χ1v) is 7.29. The van der Waals surface area contributed by atoms with Gasteiger partial charge in [0.1, 0.15) is 11.0 Å². The maximum absolute atomic E-state index is 5.99. The van der Waals surface area contributed by atoms with Crippen LogP contribution in [0.3, 0.4) is 0 Å².